The summed E-state index contributed by atoms with van der Waals surface area (Å²) in [6.45, 7) is 2.50. The van der Waals surface area contributed by atoms with Crippen LogP contribution in [0.4, 0.5) is 5.69 Å². The van der Waals surface area contributed by atoms with E-state index in [2.05, 4.69) is 21.2 Å². The number of carbonyl (C=O) groups excluding carboxylic acids is 1. The molecule has 3 rings (SSSR count). The number of nitrogens with one attached hydrogen (secondary N) is 1. The summed E-state index contributed by atoms with van der Waals surface area (Å²) in [5.74, 6) is 0.899. The number of hydrogen-bond donors (Lipinski definition) is 1. The van der Waals surface area contributed by atoms with Crippen LogP contribution in [0.2, 0.25) is 0 Å². The number of benzene rings is 2. The number of fused-ring (bicyclic) bond motifs is 1. The Morgan fingerprint density at radius 2 is 1.89 bits per heavy atom. The average Bonchev–Trinajstić information content (AvgIpc) is 2.64. The molecule has 0 aromatic heterocycles. The van der Waals surface area contributed by atoms with E-state index in [4.69, 9.17) is 9.47 Å². The quantitative estimate of drug-likeness (QED) is 0.704. The van der Waals surface area contributed by atoms with Crippen molar-refractivity contribution >= 4 is 37.5 Å². The van der Waals surface area contributed by atoms with Crippen LogP contribution >= 0.6 is 15.9 Å². The minimum Gasteiger partial charge on any atom is -0.486 e. The van der Waals surface area contributed by atoms with Crippen LogP contribution < -0.4 is 19.1 Å². The van der Waals surface area contributed by atoms with E-state index in [1.165, 1.54) is 0 Å². The lowest BCUT2D eigenvalue weighted by atomic mass is 10.1. The summed E-state index contributed by atoms with van der Waals surface area (Å²) in [6, 6.07) is 11.9. The van der Waals surface area contributed by atoms with Crippen molar-refractivity contribution in [3.8, 4) is 11.5 Å². The predicted molar refractivity (Wildman–Crippen MR) is 110 cm³/mol. The molecule has 0 spiro atoms. The Hall–Kier alpha value is -2.26. The van der Waals surface area contributed by atoms with Crippen LogP contribution in [0, 0.1) is 0 Å². The van der Waals surface area contributed by atoms with E-state index in [1.807, 2.05) is 19.1 Å². The molecule has 0 fully saturated rings. The highest BCUT2D eigenvalue weighted by molar-refractivity contribution is 9.10. The monoisotopic (exact) mass is 468 g/mol. The van der Waals surface area contributed by atoms with Crippen LogP contribution in [0.5, 0.6) is 11.5 Å². The first-order valence-corrected chi connectivity index (χ1v) is 11.3. The van der Waals surface area contributed by atoms with Crippen molar-refractivity contribution in [3.63, 3.8) is 0 Å². The highest BCUT2D eigenvalue weighted by Crippen LogP contribution is 2.32. The third-order valence-corrected chi connectivity index (χ3v) is 5.86. The average molecular weight is 469 g/mol. The molecule has 0 unspecified atom stereocenters. The van der Waals surface area contributed by atoms with E-state index in [9.17, 15) is 13.2 Å². The summed E-state index contributed by atoms with van der Waals surface area (Å²) < 4.78 is 37.3. The molecule has 9 heteroatoms. The van der Waals surface area contributed by atoms with Gasteiger partial charge in [0, 0.05) is 4.47 Å². The van der Waals surface area contributed by atoms with E-state index >= 15 is 0 Å². The van der Waals surface area contributed by atoms with Gasteiger partial charge in [-0.2, -0.15) is 0 Å². The van der Waals surface area contributed by atoms with Crippen molar-refractivity contribution in [1.29, 1.82) is 0 Å². The molecule has 2 aromatic rings. The van der Waals surface area contributed by atoms with Gasteiger partial charge in [-0.3, -0.25) is 9.10 Å². The minimum atomic E-state index is -3.63. The van der Waals surface area contributed by atoms with Crippen LogP contribution in [0.25, 0.3) is 0 Å². The molecule has 7 nitrogen and oxygen atoms in total. The van der Waals surface area contributed by atoms with Crippen molar-refractivity contribution in [2.24, 2.45) is 0 Å². The molecule has 1 aliphatic heterocycles. The van der Waals surface area contributed by atoms with E-state index in [-0.39, 0.29) is 12.6 Å². The molecule has 1 atom stereocenters. The maximum absolute atomic E-state index is 12.5. The van der Waals surface area contributed by atoms with Crippen LogP contribution in [-0.4, -0.2) is 40.3 Å². The minimum absolute atomic E-state index is 0.315. The number of hydrogen-bond acceptors (Lipinski definition) is 5. The first-order chi connectivity index (χ1) is 13.2. The third kappa shape index (κ3) is 4.96. The van der Waals surface area contributed by atoms with Gasteiger partial charge in [-0.15, -0.1) is 0 Å². The van der Waals surface area contributed by atoms with Crippen molar-refractivity contribution in [2.45, 2.75) is 13.0 Å². The van der Waals surface area contributed by atoms with Crippen LogP contribution in [0.1, 0.15) is 18.5 Å². The molecule has 1 heterocycles. The van der Waals surface area contributed by atoms with Gasteiger partial charge >= 0.3 is 0 Å². The fourth-order valence-corrected chi connectivity index (χ4v) is 4.10. The van der Waals surface area contributed by atoms with Crippen LogP contribution in [0.15, 0.2) is 46.9 Å². The van der Waals surface area contributed by atoms with E-state index in [0.29, 0.717) is 30.4 Å². The van der Waals surface area contributed by atoms with E-state index in [0.717, 1.165) is 20.6 Å². The van der Waals surface area contributed by atoms with Gasteiger partial charge in [0.2, 0.25) is 15.9 Å². The number of nitrogens with zero attached hydrogens (tertiary/aromatic N) is 1. The zero-order valence-corrected chi connectivity index (χ0v) is 17.9. The zero-order chi connectivity index (χ0) is 20.3. The number of anilines is 1. The Kier molecular flexibility index (Phi) is 6.14. The Morgan fingerprint density at radius 3 is 2.57 bits per heavy atom. The van der Waals surface area contributed by atoms with Crippen molar-refractivity contribution in [1.82, 2.24) is 5.32 Å². The van der Waals surface area contributed by atoms with Gasteiger partial charge < -0.3 is 14.8 Å². The summed E-state index contributed by atoms with van der Waals surface area (Å²) in [7, 11) is -3.63. The Morgan fingerprint density at radius 1 is 1.18 bits per heavy atom. The number of amides is 1. The molecule has 1 aliphatic rings. The lowest BCUT2D eigenvalue weighted by molar-refractivity contribution is -0.120. The van der Waals surface area contributed by atoms with Crippen molar-refractivity contribution in [2.75, 3.05) is 30.3 Å². The third-order valence-electron chi connectivity index (χ3n) is 4.23. The van der Waals surface area contributed by atoms with Crippen molar-refractivity contribution in [3.05, 3.63) is 52.5 Å². The van der Waals surface area contributed by atoms with Crippen molar-refractivity contribution < 1.29 is 22.7 Å². The molecule has 0 aliphatic carbocycles. The van der Waals surface area contributed by atoms with Crippen LogP contribution in [-0.2, 0) is 14.8 Å². The van der Waals surface area contributed by atoms with Gasteiger partial charge in [0.05, 0.1) is 18.0 Å². The number of halogens is 1. The molecule has 2 aromatic carbocycles. The number of rotatable bonds is 6. The summed E-state index contributed by atoms with van der Waals surface area (Å²) >= 11 is 3.32. The Labute approximate surface area is 172 Å². The lowest BCUT2D eigenvalue weighted by Crippen LogP contribution is -2.41. The fraction of sp³-hybridized carbons (Fsp3) is 0.316. The molecule has 150 valence electrons. The summed E-state index contributed by atoms with van der Waals surface area (Å²) in [4.78, 5) is 12.5. The van der Waals surface area contributed by atoms with Gasteiger partial charge in [0.25, 0.3) is 0 Å². The first kappa shape index (κ1) is 20.5. The number of ether oxygens (including phenoxy) is 2. The van der Waals surface area contributed by atoms with Crippen LogP contribution in [0.3, 0.4) is 0 Å². The second kappa shape index (κ2) is 8.40. The fourth-order valence-electron chi connectivity index (χ4n) is 2.86. The Balaban J connectivity index is 1.72. The second-order valence-corrected chi connectivity index (χ2v) is 9.26. The molecule has 28 heavy (non-hydrogen) atoms. The van der Waals surface area contributed by atoms with Gasteiger partial charge in [-0.05, 0) is 42.8 Å². The van der Waals surface area contributed by atoms with E-state index in [1.54, 1.807) is 30.3 Å². The highest BCUT2D eigenvalue weighted by atomic mass is 79.9. The molecule has 1 N–H and O–H groups in total. The standard InChI is InChI=1S/C19H21BrN2O5S/c1-13(14-6-7-17-18(10-14)27-9-8-26-17)21-19(23)12-22(28(2,24)25)16-5-3-4-15(20)11-16/h3-7,10-11,13H,8-9,12H2,1-2H3,(H,21,23)/t13-/m1/s1. The molecule has 0 radical (unpaired) electrons. The number of carbonyl (C=O) groups is 1. The highest BCUT2D eigenvalue weighted by Gasteiger charge is 2.22. The molecular weight excluding hydrogens is 448 g/mol. The molecular formula is C19H21BrN2O5S. The van der Waals surface area contributed by atoms with Gasteiger partial charge in [0.1, 0.15) is 19.8 Å². The first-order valence-electron chi connectivity index (χ1n) is 8.66. The summed E-state index contributed by atoms with van der Waals surface area (Å²) in [5, 5.41) is 2.84. The van der Waals surface area contributed by atoms with Gasteiger partial charge in [0.15, 0.2) is 11.5 Å². The topological polar surface area (TPSA) is 84.9 Å². The maximum Gasteiger partial charge on any atom is 0.241 e. The predicted octanol–water partition coefficient (Wildman–Crippen LogP) is 2.86. The number of sulfonamides is 1. The summed E-state index contributed by atoms with van der Waals surface area (Å²) in [5.41, 5.74) is 1.25. The maximum atomic E-state index is 12.5. The second-order valence-electron chi connectivity index (χ2n) is 6.44. The zero-order valence-electron chi connectivity index (χ0n) is 15.5. The SMILES string of the molecule is C[C@@H](NC(=O)CN(c1cccc(Br)c1)S(C)(=O)=O)c1ccc2c(c1)OCCO2. The Bertz CT molecular complexity index is 980. The summed E-state index contributed by atoms with van der Waals surface area (Å²) in [6.07, 6.45) is 1.07. The van der Waals surface area contributed by atoms with E-state index < -0.39 is 15.9 Å². The molecule has 0 saturated heterocycles. The molecule has 1 amide bonds. The lowest BCUT2D eigenvalue weighted by Gasteiger charge is -2.24. The van der Waals surface area contributed by atoms with Gasteiger partial charge in [-0.25, -0.2) is 8.42 Å². The van der Waals surface area contributed by atoms with Gasteiger partial charge in [-0.1, -0.05) is 28.1 Å². The largest absolute Gasteiger partial charge is 0.486 e. The normalized spacial score (nSPS) is 14.2. The molecule has 0 saturated carbocycles. The molecule has 0 bridgehead atoms. The smallest absolute Gasteiger partial charge is 0.241 e.